The lowest BCUT2D eigenvalue weighted by molar-refractivity contribution is 0.174. The lowest BCUT2D eigenvalue weighted by Crippen LogP contribution is -2.40. The molecule has 2 atom stereocenters. The highest BCUT2D eigenvalue weighted by Crippen LogP contribution is 2.52. The van der Waals surface area contributed by atoms with Crippen molar-refractivity contribution in [2.24, 2.45) is 17.6 Å². The molecule has 0 aliphatic heterocycles. The maximum absolute atomic E-state index is 7.04. The molecule has 2 N–H and O–H groups in total. The minimum absolute atomic E-state index is 0.209. The summed E-state index contributed by atoms with van der Waals surface area (Å²) in [4.78, 5) is -0.209. The fourth-order valence-corrected chi connectivity index (χ4v) is 3.36. The fourth-order valence-electron chi connectivity index (χ4n) is 2.90. The van der Waals surface area contributed by atoms with Gasteiger partial charge >= 0.3 is 0 Å². The van der Waals surface area contributed by atoms with Crippen LogP contribution in [0, 0.1) is 11.8 Å². The molecule has 1 fully saturated rings. The smallest absolute Gasteiger partial charge is 0.0748 e. The molecule has 1 aliphatic carbocycles. The number of alkyl halides is 1. The highest BCUT2D eigenvalue weighted by Gasteiger charge is 2.45. The molecule has 0 amide bonds. The lowest BCUT2D eigenvalue weighted by atomic mass is 9.66. The van der Waals surface area contributed by atoms with Crippen molar-refractivity contribution < 1.29 is 0 Å². The third-order valence-corrected chi connectivity index (χ3v) is 5.13. The van der Waals surface area contributed by atoms with Crippen LogP contribution < -0.4 is 5.73 Å². The summed E-state index contributed by atoms with van der Waals surface area (Å²) in [7, 11) is 0. The van der Waals surface area contributed by atoms with Crippen LogP contribution in [0.15, 0.2) is 30.3 Å². The summed E-state index contributed by atoms with van der Waals surface area (Å²) in [5.41, 5.74) is 6.98. The quantitative estimate of drug-likeness (QED) is 0.789. The van der Waals surface area contributed by atoms with Gasteiger partial charge in [0.2, 0.25) is 0 Å². The molecule has 0 aromatic heterocycles. The molecule has 1 aromatic carbocycles. The molecule has 94 valence electrons. The second-order valence-corrected chi connectivity index (χ2v) is 5.87. The van der Waals surface area contributed by atoms with Crippen molar-refractivity contribution in [2.75, 3.05) is 6.54 Å². The van der Waals surface area contributed by atoms with Crippen molar-refractivity contribution in [1.82, 2.24) is 0 Å². The van der Waals surface area contributed by atoms with Crippen LogP contribution in [0.5, 0.6) is 0 Å². The van der Waals surface area contributed by atoms with Crippen molar-refractivity contribution in [3.63, 3.8) is 0 Å². The van der Waals surface area contributed by atoms with E-state index >= 15 is 0 Å². The standard InChI is InChI=1S/C15H22ClN/c1-12(10-11-17)15(16,14-8-5-9-14)13-6-3-2-4-7-13/h2-4,6-7,12,14H,5,8-11,17H2,1H3. The van der Waals surface area contributed by atoms with Crippen LogP contribution in [0.1, 0.15) is 38.2 Å². The Morgan fingerprint density at radius 1 is 1.35 bits per heavy atom. The van der Waals surface area contributed by atoms with Gasteiger partial charge in [-0.1, -0.05) is 43.7 Å². The van der Waals surface area contributed by atoms with Gasteiger partial charge in [0.1, 0.15) is 0 Å². The van der Waals surface area contributed by atoms with Gasteiger partial charge in [-0.25, -0.2) is 0 Å². The second-order valence-electron chi connectivity index (χ2n) is 5.24. The van der Waals surface area contributed by atoms with E-state index in [1.807, 2.05) is 0 Å². The van der Waals surface area contributed by atoms with Gasteiger partial charge < -0.3 is 5.73 Å². The molecular formula is C15H22ClN. The largest absolute Gasteiger partial charge is 0.330 e. The zero-order valence-electron chi connectivity index (χ0n) is 10.5. The molecule has 1 saturated carbocycles. The molecule has 0 spiro atoms. The predicted molar refractivity (Wildman–Crippen MR) is 74.1 cm³/mol. The monoisotopic (exact) mass is 251 g/mol. The van der Waals surface area contributed by atoms with Gasteiger partial charge in [-0.15, -0.1) is 11.6 Å². The Morgan fingerprint density at radius 2 is 2.00 bits per heavy atom. The molecule has 1 nitrogen and oxygen atoms in total. The van der Waals surface area contributed by atoms with E-state index in [-0.39, 0.29) is 4.87 Å². The van der Waals surface area contributed by atoms with Crippen molar-refractivity contribution in [3.8, 4) is 0 Å². The van der Waals surface area contributed by atoms with Gasteiger partial charge in [0, 0.05) is 0 Å². The van der Waals surface area contributed by atoms with Crippen LogP contribution in [0.25, 0.3) is 0 Å². The molecule has 1 aromatic rings. The molecule has 1 aliphatic rings. The van der Waals surface area contributed by atoms with E-state index < -0.39 is 0 Å². The predicted octanol–water partition coefficient (Wildman–Crippen LogP) is 3.91. The van der Waals surface area contributed by atoms with Crippen molar-refractivity contribution in [1.29, 1.82) is 0 Å². The summed E-state index contributed by atoms with van der Waals surface area (Å²) in [6.07, 6.45) is 4.83. The Morgan fingerprint density at radius 3 is 2.47 bits per heavy atom. The molecule has 2 rings (SSSR count). The van der Waals surface area contributed by atoms with Crippen LogP contribution in [0.4, 0.5) is 0 Å². The maximum Gasteiger partial charge on any atom is 0.0748 e. The second kappa shape index (κ2) is 5.41. The third kappa shape index (κ3) is 2.36. The molecule has 2 heteroatoms. The average Bonchev–Trinajstić information content (AvgIpc) is 2.28. The molecular weight excluding hydrogens is 230 g/mol. The Hall–Kier alpha value is -0.530. The van der Waals surface area contributed by atoms with Gasteiger partial charge in [-0.3, -0.25) is 0 Å². The highest BCUT2D eigenvalue weighted by atomic mass is 35.5. The van der Waals surface area contributed by atoms with Crippen molar-refractivity contribution >= 4 is 11.6 Å². The Kier molecular flexibility index (Phi) is 4.11. The first kappa shape index (κ1) is 12.9. The van der Waals surface area contributed by atoms with E-state index in [1.54, 1.807) is 0 Å². The number of hydrogen-bond donors (Lipinski definition) is 1. The van der Waals surface area contributed by atoms with Gasteiger partial charge in [0.15, 0.2) is 0 Å². The number of benzene rings is 1. The average molecular weight is 252 g/mol. The van der Waals surface area contributed by atoms with Crippen LogP contribution in [0.2, 0.25) is 0 Å². The third-order valence-electron chi connectivity index (χ3n) is 4.23. The molecule has 0 radical (unpaired) electrons. The first-order valence-corrected chi connectivity index (χ1v) is 7.02. The minimum atomic E-state index is -0.209. The van der Waals surface area contributed by atoms with Crippen molar-refractivity contribution in [2.45, 2.75) is 37.5 Å². The summed E-state index contributed by atoms with van der Waals surface area (Å²) in [6.45, 7) is 2.96. The number of halogens is 1. The molecule has 0 bridgehead atoms. The Labute approximate surface area is 109 Å². The zero-order valence-corrected chi connectivity index (χ0v) is 11.3. The normalized spacial score (nSPS) is 21.6. The lowest BCUT2D eigenvalue weighted by Gasteiger charge is -2.45. The number of hydrogen-bond acceptors (Lipinski definition) is 1. The maximum atomic E-state index is 7.04. The topological polar surface area (TPSA) is 26.0 Å². The van der Waals surface area contributed by atoms with E-state index in [9.17, 15) is 0 Å². The SMILES string of the molecule is CC(CCN)C(Cl)(c1ccccc1)C1CCC1. The summed E-state index contributed by atoms with van der Waals surface area (Å²) >= 11 is 7.04. The highest BCUT2D eigenvalue weighted by molar-refractivity contribution is 6.24. The first-order valence-electron chi connectivity index (χ1n) is 6.64. The molecule has 0 heterocycles. The first-order chi connectivity index (χ1) is 8.19. The van der Waals surface area contributed by atoms with E-state index in [0.717, 1.165) is 13.0 Å². The van der Waals surface area contributed by atoms with Crippen molar-refractivity contribution in [3.05, 3.63) is 35.9 Å². The summed E-state index contributed by atoms with van der Waals surface area (Å²) in [5, 5.41) is 0. The van der Waals surface area contributed by atoms with Crippen LogP contribution >= 0.6 is 11.6 Å². The molecule has 0 saturated heterocycles. The van der Waals surface area contributed by atoms with Gasteiger partial charge in [0.05, 0.1) is 4.87 Å². The van der Waals surface area contributed by atoms with E-state index in [1.165, 1.54) is 24.8 Å². The zero-order chi connectivity index (χ0) is 12.3. The minimum Gasteiger partial charge on any atom is -0.330 e. The van der Waals surface area contributed by atoms with E-state index in [0.29, 0.717) is 11.8 Å². The number of nitrogens with two attached hydrogens (primary N) is 1. The van der Waals surface area contributed by atoms with E-state index in [2.05, 4.69) is 37.3 Å². The van der Waals surface area contributed by atoms with Gasteiger partial charge in [0.25, 0.3) is 0 Å². The summed E-state index contributed by atoms with van der Waals surface area (Å²) in [5.74, 6) is 1.05. The van der Waals surface area contributed by atoms with E-state index in [4.69, 9.17) is 17.3 Å². The summed E-state index contributed by atoms with van der Waals surface area (Å²) in [6, 6.07) is 10.5. The Balaban J connectivity index is 2.29. The van der Waals surface area contributed by atoms with Crippen LogP contribution in [-0.2, 0) is 4.87 Å². The van der Waals surface area contributed by atoms with Gasteiger partial charge in [-0.2, -0.15) is 0 Å². The molecule has 2 unspecified atom stereocenters. The molecule has 17 heavy (non-hydrogen) atoms. The number of rotatable bonds is 5. The van der Waals surface area contributed by atoms with Crippen LogP contribution in [-0.4, -0.2) is 6.54 Å². The summed E-state index contributed by atoms with van der Waals surface area (Å²) < 4.78 is 0. The Bertz CT molecular complexity index is 347. The fraction of sp³-hybridized carbons (Fsp3) is 0.600. The van der Waals surface area contributed by atoms with Gasteiger partial charge in [-0.05, 0) is 43.2 Å². The van der Waals surface area contributed by atoms with Crippen LogP contribution in [0.3, 0.4) is 0 Å².